The molecule has 5 nitrogen and oxygen atoms in total. The number of nitrogens with two attached hydrogens (primary N) is 1. The van der Waals surface area contributed by atoms with Gasteiger partial charge in [0, 0.05) is 24.0 Å². The van der Waals surface area contributed by atoms with Gasteiger partial charge in [-0.2, -0.15) is 0 Å². The molecular formula is C19H21FN4O. The highest BCUT2D eigenvalue weighted by atomic mass is 19.1. The van der Waals surface area contributed by atoms with Crippen molar-refractivity contribution in [3.63, 3.8) is 0 Å². The number of piperidine rings is 1. The molecule has 0 saturated carbocycles. The Morgan fingerprint density at radius 1 is 1.36 bits per heavy atom. The van der Waals surface area contributed by atoms with Crippen molar-refractivity contribution in [3.05, 3.63) is 65.4 Å². The summed E-state index contributed by atoms with van der Waals surface area (Å²) in [7, 11) is 0. The molecule has 25 heavy (non-hydrogen) atoms. The lowest BCUT2D eigenvalue weighted by Gasteiger charge is -2.30. The Balaban J connectivity index is 1.70. The summed E-state index contributed by atoms with van der Waals surface area (Å²) < 4.78 is 14.9. The third-order valence-electron chi connectivity index (χ3n) is 4.49. The number of rotatable bonds is 4. The lowest BCUT2D eigenvalue weighted by molar-refractivity contribution is -0.114. The summed E-state index contributed by atoms with van der Waals surface area (Å²) in [6.45, 7) is 1.20. The van der Waals surface area contributed by atoms with Gasteiger partial charge in [-0.1, -0.05) is 24.3 Å². The van der Waals surface area contributed by atoms with E-state index in [1.165, 1.54) is 6.08 Å². The van der Waals surface area contributed by atoms with Gasteiger partial charge in [-0.3, -0.25) is 10.2 Å². The number of anilines is 1. The monoisotopic (exact) mass is 340 g/mol. The van der Waals surface area contributed by atoms with Gasteiger partial charge in [0.25, 0.3) is 5.91 Å². The highest BCUT2D eigenvalue weighted by Crippen LogP contribution is 2.33. The molecule has 1 unspecified atom stereocenters. The topological polar surface area (TPSA) is 91.0 Å². The van der Waals surface area contributed by atoms with Crippen molar-refractivity contribution in [1.82, 2.24) is 5.32 Å². The van der Waals surface area contributed by atoms with E-state index in [1.54, 1.807) is 30.5 Å². The highest BCUT2D eigenvalue weighted by molar-refractivity contribution is 6.28. The van der Waals surface area contributed by atoms with Crippen molar-refractivity contribution in [2.75, 3.05) is 18.4 Å². The molecule has 0 aromatic heterocycles. The molecular weight excluding hydrogens is 319 g/mol. The normalized spacial score (nSPS) is 24.9. The Bertz CT molecular complexity index is 771. The van der Waals surface area contributed by atoms with E-state index in [9.17, 15) is 9.18 Å². The van der Waals surface area contributed by atoms with Gasteiger partial charge in [0.2, 0.25) is 0 Å². The molecule has 1 aliphatic heterocycles. The van der Waals surface area contributed by atoms with Crippen molar-refractivity contribution >= 4 is 17.3 Å². The molecule has 0 radical (unpaired) electrons. The number of amides is 1. The second-order valence-corrected chi connectivity index (χ2v) is 6.25. The standard InChI is InChI=1S/C19H21FN4O/c20-19(9-2-10-23-12-19)14-5-7-15(8-6-14)24-11-13-3-1-4-16(17(13)21)18(22)25/h1,3-8,11,21,23-24H,2,9-10,12H2,(H2,22,25)/b13-11-,21-17?. The number of alkyl halides is 1. The van der Waals surface area contributed by atoms with Crippen LogP contribution in [0.4, 0.5) is 10.1 Å². The molecule has 3 rings (SSSR count). The van der Waals surface area contributed by atoms with Gasteiger partial charge >= 0.3 is 0 Å². The molecule has 1 amide bonds. The third-order valence-corrected chi connectivity index (χ3v) is 4.49. The highest BCUT2D eigenvalue weighted by Gasteiger charge is 2.33. The summed E-state index contributed by atoms with van der Waals surface area (Å²) in [5.74, 6) is -0.626. The van der Waals surface area contributed by atoms with Gasteiger partial charge < -0.3 is 16.4 Å². The largest absolute Gasteiger partial charge is 0.366 e. The number of primary amides is 1. The summed E-state index contributed by atoms with van der Waals surface area (Å²) in [6.07, 6.45) is 7.92. The molecule has 1 fully saturated rings. The number of allylic oxidation sites excluding steroid dienone is 4. The third kappa shape index (κ3) is 3.69. The molecule has 130 valence electrons. The van der Waals surface area contributed by atoms with Crippen LogP contribution < -0.4 is 16.4 Å². The van der Waals surface area contributed by atoms with Crippen LogP contribution in [-0.4, -0.2) is 24.7 Å². The van der Waals surface area contributed by atoms with Crippen molar-refractivity contribution in [3.8, 4) is 0 Å². The van der Waals surface area contributed by atoms with E-state index < -0.39 is 11.6 Å². The summed E-state index contributed by atoms with van der Waals surface area (Å²) >= 11 is 0. The van der Waals surface area contributed by atoms with Gasteiger partial charge in [0.1, 0.15) is 5.67 Å². The second kappa shape index (κ2) is 7.03. The number of carbonyl (C=O) groups is 1. The van der Waals surface area contributed by atoms with Crippen LogP contribution >= 0.6 is 0 Å². The Hall–Kier alpha value is -2.73. The molecule has 2 aliphatic rings. The van der Waals surface area contributed by atoms with Crippen LogP contribution in [0.1, 0.15) is 18.4 Å². The maximum atomic E-state index is 14.9. The van der Waals surface area contributed by atoms with Gasteiger partial charge in [0.15, 0.2) is 0 Å². The minimum Gasteiger partial charge on any atom is -0.366 e. The van der Waals surface area contributed by atoms with E-state index in [0.29, 0.717) is 24.1 Å². The zero-order chi connectivity index (χ0) is 17.9. The Kier molecular flexibility index (Phi) is 4.81. The zero-order valence-electron chi connectivity index (χ0n) is 13.8. The van der Waals surface area contributed by atoms with Crippen LogP contribution in [0.5, 0.6) is 0 Å². The number of halogens is 1. The average molecular weight is 340 g/mol. The fourth-order valence-corrected chi connectivity index (χ4v) is 3.04. The number of carbonyl (C=O) groups excluding carboxylic acids is 1. The maximum absolute atomic E-state index is 14.9. The first-order chi connectivity index (χ1) is 12.0. The maximum Gasteiger partial charge on any atom is 0.250 e. The van der Waals surface area contributed by atoms with Gasteiger partial charge in [0.05, 0.1) is 11.3 Å². The molecule has 1 heterocycles. The second-order valence-electron chi connectivity index (χ2n) is 6.25. The summed E-state index contributed by atoms with van der Waals surface area (Å²) in [5, 5.41) is 14.2. The molecule has 6 heteroatoms. The van der Waals surface area contributed by atoms with Crippen LogP contribution in [0.15, 0.2) is 59.8 Å². The van der Waals surface area contributed by atoms with E-state index >= 15 is 0 Å². The SMILES string of the molecule is N=C1C(C(N)=O)=CC=C/C1=C/Nc1ccc(C2(F)CCCNC2)cc1. The van der Waals surface area contributed by atoms with Crippen molar-refractivity contribution in [2.45, 2.75) is 18.5 Å². The van der Waals surface area contributed by atoms with Crippen molar-refractivity contribution in [1.29, 1.82) is 5.41 Å². The first-order valence-electron chi connectivity index (χ1n) is 8.24. The summed E-state index contributed by atoms with van der Waals surface area (Å²) in [6, 6.07) is 7.18. The predicted molar refractivity (Wildman–Crippen MR) is 97.2 cm³/mol. The van der Waals surface area contributed by atoms with Crippen LogP contribution in [0.3, 0.4) is 0 Å². The van der Waals surface area contributed by atoms with Crippen LogP contribution in [0.2, 0.25) is 0 Å². The first kappa shape index (κ1) is 17.1. The number of benzene rings is 1. The molecule has 1 aromatic carbocycles. The van der Waals surface area contributed by atoms with E-state index in [2.05, 4.69) is 10.6 Å². The Morgan fingerprint density at radius 2 is 2.12 bits per heavy atom. The van der Waals surface area contributed by atoms with Crippen molar-refractivity contribution < 1.29 is 9.18 Å². The lowest BCUT2D eigenvalue weighted by Crippen LogP contribution is -2.40. The summed E-state index contributed by atoms with van der Waals surface area (Å²) in [4.78, 5) is 11.3. The average Bonchev–Trinajstić information content (AvgIpc) is 2.61. The number of nitrogens with one attached hydrogen (secondary N) is 3. The summed E-state index contributed by atoms with van der Waals surface area (Å²) in [5.41, 5.74) is 6.20. The lowest BCUT2D eigenvalue weighted by atomic mass is 9.88. The fourth-order valence-electron chi connectivity index (χ4n) is 3.04. The molecule has 1 aliphatic carbocycles. The smallest absolute Gasteiger partial charge is 0.250 e. The number of hydrogen-bond acceptors (Lipinski definition) is 4. The minimum absolute atomic E-state index is 0.0788. The van der Waals surface area contributed by atoms with E-state index in [1.807, 2.05) is 12.1 Å². The van der Waals surface area contributed by atoms with Gasteiger partial charge in [-0.05, 0) is 43.2 Å². The molecule has 0 bridgehead atoms. The van der Waals surface area contributed by atoms with Crippen molar-refractivity contribution in [2.24, 2.45) is 5.73 Å². The van der Waals surface area contributed by atoms with E-state index in [4.69, 9.17) is 11.1 Å². The van der Waals surface area contributed by atoms with Crippen LogP contribution in [-0.2, 0) is 10.5 Å². The quantitative estimate of drug-likeness (QED) is 0.679. The first-order valence-corrected chi connectivity index (χ1v) is 8.24. The number of hydrogen-bond donors (Lipinski definition) is 4. The van der Waals surface area contributed by atoms with Gasteiger partial charge in [-0.15, -0.1) is 0 Å². The van der Waals surface area contributed by atoms with E-state index in [0.717, 1.165) is 18.7 Å². The molecule has 1 atom stereocenters. The Morgan fingerprint density at radius 3 is 2.76 bits per heavy atom. The fraction of sp³-hybridized carbons (Fsp3) is 0.263. The minimum atomic E-state index is -1.31. The predicted octanol–water partition coefficient (Wildman–Crippen LogP) is 2.53. The zero-order valence-corrected chi connectivity index (χ0v) is 13.8. The molecule has 1 aromatic rings. The Labute approximate surface area is 146 Å². The van der Waals surface area contributed by atoms with Gasteiger partial charge in [-0.25, -0.2) is 4.39 Å². The molecule has 1 saturated heterocycles. The van der Waals surface area contributed by atoms with Crippen LogP contribution in [0, 0.1) is 5.41 Å². The molecule has 0 spiro atoms. The molecule has 5 N–H and O–H groups in total. The van der Waals surface area contributed by atoms with E-state index in [-0.39, 0.29) is 11.3 Å². The van der Waals surface area contributed by atoms with Crippen LogP contribution in [0.25, 0.3) is 0 Å².